The van der Waals surface area contributed by atoms with Gasteiger partial charge in [0.1, 0.15) is 0 Å². The van der Waals surface area contributed by atoms with Crippen molar-refractivity contribution in [1.29, 1.82) is 0 Å². The number of carbonyl (C=O) groups is 1. The van der Waals surface area contributed by atoms with Gasteiger partial charge in [-0.2, -0.15) is 0 Å². The molecule has 0 aliphatic heterocycles. The van der Waals surface area contributed by atoms with E-state index in [9.17, 15) is 4.79 Å². The van der Waals surface area contributed by atoms with Crippen LogP contribution in [0.3, 0.4) is 0 Å². The van der Waals surface area contributed by atoms with Gasteiger partial charge >= 0.3 is 5.97 Å². The van der Waals surface area contributed by atoms with Crippen molar-refractivity contribution in [3.8, 4) is 11.3 Å². The van der Waals surface area contributed by atoms with Gasteiger partial charge < -0.3 is 9.30 Å². The van der Waals surface area contributed by atoms with E-state index in [1.807, 2.05) is 18.2 Å². The molecule has 0 unspecified atom stereocenters. The fraction of sp³-hybridized carbons (Fsp3) is 0.267. The molecule has 1 heterocycles. The smallest absolute Gasteiger partial charge is 0.337 e. The van der Waals surface area contributed by atoms with Crippen LogP contribution in [0.2, 0.25) is 0 Å². The Balaban J connectivity index is 2.34. The van der Waals surface area contributed by atoms with Crippen molar-refractivity contribution in [2.24, 2.45) is 0 Å². The molecular weight excluding hydrogens is 226 g/mol. The van der Waals surface area contributed by atoms with Gasteiger partial charge in [-0.25, -0.2) is 4.79 Å². The van der Waals surface area contributed by atoms with E-state index in [-0.39, 0.29) is 5.97 Å². The van der Waals surface area contributed by atoms with Crippen LogP contribution in [-0.2, 0) is 4.74 Å². The molecule has 1 aromatic carbocycles. The highest BCUT2D eigenvalue weighted by Crippen LogP contribution is 2.23. The van der Waals surface area contributed by atoms with E-state index in [0.717, 1.165) is 11.3 Å². The molecule has 3 nitrogen and oxygen atoms in total. The summed E-state index contributed by atoms with van der Waals surface area (Å²) in [4.78, 5) is 11.4. The molecule has 0 amide bonds. The van der Waals surface area contributed by atoms with E-state index in [1.54, 1.807) is 12.1 Å². The van der Waals surface area contributed by atoms with E-state index in [4.69, 9.17) is 0 Å². The molecule has 0 saturated heterocycles. The summed E-state index contributed by atoms with van der Waals surface area (Å²) in [5, 5.41) is 0. The van der Waals surface area contributed by atoms with Gasteiger partial charge in [0.25, 0.3) is 0 Å². The normalized spacial score (nSPS) is 10.7. The predicted octanol–water partition coefficient (Wildman–Crippen LogP) is 3.52. The zero-order valence-electron chi connectivity index (χ0n) is 10.9. The molecule has 94 valence electrons. The molecule has 0 radical (unpaired) electrons. The number of benzene rings is 1. The van der Waals surface area contributed by atoms with Crippen molar-refractivity contribution in [3.05, 3.63) is 48.2 Å². The maximum atomic E-state index is 11.4. The summed E-state index contributed by atoms with van der Waals surface area (Å²) in [6.45, 7) is 4.29. The first-order valence-corrected chi connectivity index (χ1v) is 5.99. The quantitative estimate of drug-likeness (QED) is 0.772. The lowest BCUT2D eigenvalue weighted by molar-refractivity contribution is 0.0601. The maximum absolute atomic E-state index is 11.4. The molecule has 18 heavy (non-hydrogen) atoms. The maximum Gasteiger partial charge on any atom is 0.337 e. The number of methoxy groups -OCH3 is 1. The van der Waals surface area contributed by atoms with Crippen molar-refractivity contribution in [1.82, 2.24) is 4.57 Å². The third kappa shape index (κ3) is 2.30. The minimum atomic E-state index is -0.305. The SMILES string of the molecule is COC(=O)c1ccc(-c2cccn2C(C)C)cc1. The molecule has 0 aliphatic rings. The van der Waals surface area contributed by atoms with Crippen LogP contribution in [0, 0.1) is 0 Å². The van der Waals surface area contributed by atoms with Gasteiger partial charge in [-0.1, -0.05) is 12.1 Å². The van der Waals surface area contributed by atoms with E-state index < -0.39 is 0 Å². The monoisotopic (exact) mass is 243 g/mol. The summed E-state index contributed by atoms with van der Waals surface area (Å²) >= 11 is 0. The van der Waals surface area contributed by atoms with Crippen LogP contribution in [0.15, 0.2) is 42.6 Å². The van der Waals surface area contributed by atoms with Crippen LogP contribution in [0.25, 0.3) is 11.3 Å². The minimum Gasteiger partial charge on any atom is -0.465 e. The molecule has 2 aromatic rings. The van der Waals surface area contributed by atoms with E-state index in [1.165, 1.54) is 7.11 Å². The van der Waals surface area contributed by atoms with Crippen LogP contribution in [-0.4, -0.2) is 17.6 Å². The Morgan fingerprint density at radius 1 is 1.17 bits per heavy atom. The number of aromatic nitrogens is 1. The second-order valence-electron chi connectivity index (χ2n) is 4.46. The number of rotatable bonds is 3. The van der Waals surface area contributed by atoms with Crippen molar-refractivity contribution in [2.45, 2.75) is 19.9 Å². The number of ether oxygens (including phenoxy) is 1. The van der Waals surface area contributed by atoms with Gasteiger partial charge in [0.15, 0.2) is 0 Å². The second-order valence-corrected chi connectivity index (χ2v) is 4.46. The number of nitrogens with zero attached hydrogens (tertiary/aromatic N) is 1. The first kappa shape index (κ1) is 12.4. The first-order chi connectivity index (χ1) is 8.63. The fourth-order valence-electron chi connectivity index (χ4n) is 1.98. The van der Waals surface area contributed by atoms with Gasteiger partial charge in [-0.05, 0) is 43.7 Å². The summed E-state index contributed by atoms with van der Waals surface area (Å²) < 4.78 is 6.89. The highest BCUT2D eigenvalue weighted by Gasteiger charge is 2.08. The molecule has 1 aromatic heterocycles. The Morgan fingerprint density at radius 3 is 2.39 bits per heavy atom. The molecule has 0 N–H and O–H groups in total. The van der Waals surface area contributed by atoms with Crippen LogP contribution in [0.4, 0.5) is 0 Å². The zero-order chi connectivity index (χ0) is 13.1. The number of hydrogen-bond acceptors (Lipinski definition) is 2. The second kappa shape index (κ2) is 5.08. The lowest BCUT2D eigenvalue weighted by Crippen LogP contribution is -2.02. The number of esters is 1. The molecule has 0 atom stereocenters. The van der Waals surface area contributed by atoms with Crippen molar-refractivity contribution >= 4 is 5.97 Å². The molecule has 0 bridgehead atoms. The molecule has 0 saturated carbocycles. The van der Waals surface area contributed by atoms with Crippen molar-refractivity contribution < 1.29 is 9.53 Å². The van der Waals surface area contributed by atoms with E-state index in [0.29, 0.717) is 11.6 Å². The third-order valence-corrected chi connectivity index (χ3v) is 2.94. The van der Waals surface area contributed by atoms with Crippen LogP contribution in [0.5, 0.6) is 0 Å². The van der Waals surface area contributed by atoms with Gasteiger partial charge in [0, 0.05) is 17.9 Å². The molecule has 3 heteroatoms. The lowest BCUT2D eigenvalue weighted by atomic mass is 10.1. The molecule has 0 fully saturated rings. The molecule has 0 aliphatic carbocycles. The van der Waals surface area contributed by atoms with Crippen LogP contribution < -0.4 is 0 Å². The van der Waals surface area contributed by atoms with Crippen LogP contribution in [0.1, 0.15) is 30.2 Å². The molecule has 2 rings (SSSR count). The molecule has 0 spiro atoms. The Morgan fingerprint density at radius 2 is 1.83 bits per heavy atom. The van der Waals surface area contributed by atoms with Gasteiger partial charge in [0.2, 0.25) is 0 Å². The standard InChI is InChI=1S/C15H17NO2/c1-11(2)16-10-4-5-14(16)12-6-8-13(9-7-12)15(17)18-3/h4-11H,1-3H3. The summed E-state index contributed by atoms with van der Waals surface area (Å²) in [5.41, 5.74) is 2.83. The lowest BCUT2D eigenvalue weighted by Gasteiger charge is -2.13. The highest BCUT2D eigenvalue weighted by atomic mass is 16.5. The van der Waals surface area contributed by atoms with Gasteiger partial charge in [-0.3, -0.25) is 0 Å². The fourth-order valence-corrected chi connectivity index (χ4v) is 1.98. The predicted molar refractivity (Wildman–Crippen MR) is 71.6 cm³/mol. The first-order valence-electron chi connectivity index (χ1n) is 5.99. The van der Waals surface area contributed by atoms with Crippen molar-refractivity contribution in [3.63, 3.8) is 0 Å². The van der Waals surface area contributed by atoms with E-state index in [2.05, 4.69) is 35.4 Å². The number of carbonyl (C=O) groups excluding carboxylic acids is 1. The highest BCUT2D eigenvalue weighted by molar-refractivity contribution is 5.89. The van der Waals surface area contributed by atoms with Gasteiger partial charge in [0.05, 0.1) is 12.7 Å². The minimum absolute atomic E-state index is 0.305. The Labute approximate surface area is 107 Å². The summed E-state index contributed by atoms with van der Waals surface area (Å²) in [7, 11) is 1.39. The average molecular weight is 243 g/mol. The summed E-state index contributed by atoms with van der Waals surface area (Å²) in [6, 6.07) is 12.0. The number of hydrogen-bond donors (Lipinski definition) is 0. The summed E-state index contributed by atoms with van der Waals surface area (Å²) in [6.07, 6.45) is 2.06. The largest absolute Gasteiger partial charge is 0.465 e. The third-order valence-electron chi connectivity index (χ3n) is 2.94. The zero-order valence-corrected chi connectivity index (χ0v) is 10.9. The topological polar surface area (TPSA) is 31.2 Å². The van der Waals surface area contributed by atoms with E-state index >= 15 is 0 Å². The Bertz CT molecular complexity index is 538. The summed E-state index contributed by atoms with van der Waals surface area (Å²) in [5.74, 6) is -0.305. The Kier molecular flexibility index (Phi) is 3.51. The van der Waals surface area contributed by atoms with Crippen molar-refractivity contribution in [2.75, 3.05) is 7.11 Å². The average Bonchev–Trinajstić information content (AvgIpc) is 2.87. The van der Waals surface area contributed by atoms with Crippen LogP contribution >= 0.6 is 0 Å². The molecular formula is C15H17NO2. The van der Waals surface area contributed by atoms with Gasteiger partial charge in [-0.15, -0.1) is 0 Å². The Hall–Kier alpha value is -2.03.